The molecular weight excluding hydrogens is 500 g/mol. The Balaban J connectivity index is 1.83. The van der Waals surface area contributed by atoms with E-state index < -0.39 is 17.3 Å². The molecule has 0 saturated heterocycles. The average Bonchev–Trinajstić information content (AvgIpc) is 3.37. The highest BCUT2D eigenvalue weighted by molar-refractivity contribution is 5.75. The lowest BCUT2D eigenvalue weighted by atomic mass is 9.91. The third-order valence-corrected chi connectivity index (χ3v) is 6.81. The summed E-state index contributed by atoms with van der Waals surface area (Å²) >= 11 is 0. The van der Waals surface area contributed by atoms with Gasteiger partial charge in [-0.15, -0.1) is 10.1 Å². The Bertz CT molecular complexity index is 904. The number of unbranched alkanes of at least 4 members (excludes halogenated alkanes) is 2. The second kappa shape index (κ2) is 19.7. The van der Waals surface area contributed by atoms with Crippen molar-refractivity contribution in [2.75, 3.05) is 19.8 Å². The molecular formula is C30H44N2O7. The predicted molar refractivity (Wildman–Crippen MR) is 149 cm³/mol. The Morgan fingerprint density at radius 1 is 1.13 bits per heavy atom. The minimum Gasteiger partial charge on any atom is -0.434 e. The van der Waals surface area contributed by atoms with Gasteiger partial charge in [0.1, 0.15) is 6.10 Å². The van der Waals surface area contributed by atoms with Gasteiger partial charge in [-0.3, -0.25) is 4.79 Å². The first-order valence-electron chi connectivity index (χ1n) is 14.2. The lowest BCUT2D eigenvalue weighted by Gasteiger charge is -2.18. The SMILES string of the molecule is CCNC(=O)CCCC=CC[C@H]1CCC[C@@H]1C=C[C@H](CCc1ccccc1)OC(=O)OCCCCO[N+](=O)[O-]. The van der Waals surface area contributed by atoms with Gasteiger partial charge in [0.25, 0.3) is 5.09 Å². The fourth-order valence-corrected chi connectivity index (χ4v) is 4.74. The molecule has 1 aromatic carbocycles. The summed E-state index contributed by atoms with van der Waals surface area (Å²) in [5.41, 5.74) is 1.18. The van der Waals surface area contributed by atoms with Crippen molar-refractivity contribution < 1.29 is 29.0 Å². The number of allylic oxidation sites excluding steroid dienone is 3. The van der Waals surface area contributed by atoms with Gasteiger partial charge in [-0.05, 0) is 88.2 Å². The van der Waals surface area contributed by atoms with E-state index in [1.807, 2.05) is 31.2 Å². The van der Waals surface area contributed by atoms with Gasteiger partial charge in [-0.1, -0.05) is 55.0 Å². The van der Waals surface area contributed by atoms with E-state index in [1.165, 1.54) is 18.4 Å². The van der Waals surface area contributed by atoms with Crippen molar-refractivity contribution in [1.82, 2.24) is 5.32 Å². The molecule has 216 valence electrons. The normalized spacial score (nSPS) is 17.8. The van der Waals surface area contributed by atoms with Crippen LogP contribution in [0, 0.1) is 22.0 Å². The molecule has 39 heavy (non-hydrogen) atoms. The smallest absolute Gasteiger partial charge is 0.434 e. The summed E-state index contributed by atoms with van der Waals surface area (Å²) in [5, 5.41) is 12.2. The molecule has 3 atom stereocenters. The van der Waals surface area contributed by atoms with E-state index in [-0.39, 0.29) is 19.1 Å². The number of hydrogen-bond acceptors (Lipinski definition) is 7. The summed E-state index contributed by atoms with van der Waals surface area (Å²) in [7, 11) is 0. The number of ether oxygens (including phenoxy) is 2. The minimum atomic E-state index is -0.833. The summed E-state index contributed by atoms with van der Waals surface area (Å²) in [5.74, 6) is 1.11. The number of carbonyl (C=O) groups excluding carboxylic acids is 2. The molecule has 1 aromatic rings. The predicted octanol–water partition coefficient (Wildman–Crippen LogP) is 6.35. The molecule has 0 aromatic heterocycles. The Hall–Kier alpha value is -3.36. The van der Waals surface area contributed by atoms with Crippen LogP contribution in [0.5, 0.6) is 0 Å². The van der Waals surface area contributed by atoms with E-state index >= 15 is 0 Å². The molecule has 1 fully saturated rings. The second-order valence-electron chi connectivity index (χ2n) is 9.84. The van der Waals surface area contributed by atoms with E-state index in [0.717, 1.165) is 32.1 Å². The van der Waals surface area contributed by atoms with Crippen molar-refractivity contribution in [2.24, 2.45) is 11.8 Å². The number of nitrogens with one attached hydrogen (secondary N) is 1. The Morgan fingerprint density at radius 3 is 2.69 bits per heavy atom. The monoisotopic (exact) mass is 544 g/mol. The van der Waals surface area contributed by atoms with Crippen LogP contribution in [0.25, 0.3) is 0 Å². The Kier molecular flexibility index (Phi) is 16.1. The summed E-state index contributed by atoms with van der Waals surface area (Å²) in [4.78, 5) is 38.3. The van der Waals surface area contributed by atoms with Crippen LogP contribution in [0.1, 0.15) is 76.7 Å². The van der Waals surface area contributed by atoms with Crippen molar-refractivity contribution in [2.45, 2.75) is 83.7 Å². The first-order chi connectivity index (χ1) is 19.0. The van der Waals surface area contributed by atoms with Crippen molar-refractivity contribution in [1.29, 1.82) is 0 Å². The van der Waals surface area contributed by atoms with Crippen LogP contribution in [-0.2, 0) is 25.5 Å². The molecule has 0 spiro atoms. The van der Waals surface area contributed by atoms with Crippen LogP contribution < -0.4 is 5.32 Å². The summed E-state index contributed by atoms with van der Waals surface area (Å²) < 4.78 is 10.8. The van der Waals surface area contributed by atoms with Crippen LogP contribution >= 0.6 is 0 Å². The van der Waals surface area contributed by atoms with Gasteiger partial charge in [-0.2, -0.15) is 0 Å². The molecule has 0 aliphatic heterocycles. The lowest BCUT2D eigenvalue weighted by molar-refractivity contribution is -0.757. The molecule has 0 radical (unpaired) electrons. The maximum absolute atomic E-state index is 12.3. The van der Waals surface area contributed by atoms with Crippen LogP contribution in [0.15, 0.2) is 54.6 Å². The average molecular weight is 545 g/mol. The van der Waals surface area contributed by atoms with Crippen molar-refractivity contribution in [3.8, 4) is 0 Å². The molecule has 0 bridgehead atoms. The maximum atomic E-state index is 12.3. The van der Waals surface area contributed by atoms with E-state index in [2.05, 4.69) is 40.5 Å². The summed E-state index contributed by atoms with van der Waals surface area (Å²) in [6, 6.07) is 10.1. The van der Waals surface area contributed by atoms with Crippen molar-refractivity contribution >= 4 is 12.1 Å². The van der Waals surface area contributed by atoms with E-state index in [9.17, 15) is 19.7 Å². The third-order valence-electron chi connectivity index (χ3n) is 6.81. The molecule has 1 N–H and O–H groups in total. The van der Waals surface area contributed by atoms with Crippen LogP contribution in [0.2, 0.25) is 0 Å². The zero-order chi connectivity index (χ0) is 28.1. The van der Waals surface area contributed by atoms with Gasteiger partial charge >= 0.3 is 6.16 Å². The zero-order valence-corrected chi connectivity index (χ0v) is 23.1. The first-order valence-corrected chi connectivity index (χ1v) is 14.2. The molecule has 9 nitrogen and oxygen atoms in total. The van der Waals surface area contributed by atoms with Gasteiger partial charge in [0.05, 0.1) is 13.2 Å². The number of hydrogen-bond donors (Lipinski definition) is 1. The maximum Gasteiger partial charge on any atom is 0.508 e. The molecule has 1 aliphatic rings. The van der Waals surface area contributed by atoms with E-state index in [0.29, 0.717) is 44.1 Å². The topological polar surface area (TPSA) is 117 Å². The highest BCUT2D eigenvalue weighted by Gasteiger charge is 2.24. The van der Waals surface area contributed by atoms with Gasteiger partial charge in [0.2, 0.25) is 5.91 Å². The summed E-state index contributed by atoms with van der Waals surface area (Å²) in [6.07, 6.45) is 16.6. The van der Waals surface area contributed by atoms with Crippen molar-refractivity contribution in [3.63, 3.8) is 0 Å². The highest BCUT2D eigenvalue weighted by Crippen LogP contribution is 2.35. The van der Waals surface area contributed by atoms with Crippen molar-refractivity contribution in [3.05, 3.63) is 70.3 Å². The fourth-order valence-electron chi connectivity index (χ4n) is 4.74. The van der Waals surface area contributed by atoms with Crippen LogP contribution in [0.4, 0.5) is 4.79 Å². The van der Waals surface area contributed by atoms with Gasteiger partial charge in [-0.25, -0.2) is 4.79 Å². The molecule has 1 aliphatic carbocycles. The lowest BCUT2D eigenvalue weighted by Crippen LogP contribution is -2.21. The van der Waals surface area contributed by atoms with Crippen LogP contribution in [0.3, 0.4) is 0 Å². The number of carbonyl (C=O) groups is 2. The molecule has 1 amide bonds. The quantitative estimate of drug-likeness (QED) is 0.0708. The molecule has 0 heterocycles. The standard InChI is InChI=1S/C30H44N2O7/c1-2-31-29(33)18-9-4-3-8-15-26-16-12-17-27(26)20-22-28(21-19-25-13-6-5-7-14-25)39-30(34)37-23-10-11-24-38-32(35)36/h3,5-8,13-14,20,22,26-28H,2,4,9-12,15-19,21,23-24H2,1H3,(H,31,33)/t26-,27+,28-/m0/s1. The zero-order valence-electron chi connectivity index (χ0n) is 23.1. The molecule has 9 heteroatoms. The van der Waals surface area contributed by atoms with E-state index in [4.69, 9.17) is 9.47 Å². The number of rotatable bonds is 19. The Morgan fingerprint density at radius 2 is 1.92 bits per heavy atom. The first kappa shape index (κ1) is 31.9. The summed E-state index contributed by atoms with van der Waals surface area (Å²) in [6.45, 7) is 2.70. The molecule has 2 rings (SSSR count). The minimum absolute atomic E-state index is 0.0261. The van der Waals surface area contributed by atoms with Gasteiger partial charge < -0.3 is 19.6 Å². The fraction of sp³-hybridized carbons (Fsp3) is 0.600. The number of benzene rings is 1. The largest absolute Gasteiger partial charge is 0.508 e. The number of amides is 1. The number of aryl methyl sites for hydroxylation is 1. The third kappa shape index (κ3) is 15.0. The van der Waals surface area contributed by atoms with E-state index in [1.54, 1.807) is 0 Å². The molecule has 1 saturated carbocycles. The van der Waals surface area contributed by atoms with Crippen LogP contribution in [-0.4, -0.2) is 43.0 Å². The second-order valence-corrected chi connectivity index (χ2v) is 9.84. The molecule has 0 unspecified atom stereocenters. The van der Waals surface area contributed by atoms with Gasteiger partial charge in [0.15, 0.2) is 0 Å². The Labute approximate surface area is 232 Å². The highest BCUT2D eigenvalue weighted by atomic mass is 16.9. The van der Waals surface area contributed by atoms with Gasteiger partial charge in [0, 0.05) is 13.0 Å². The number of nitrogens with zero attached hydrogens (tertiary/aromatic N) is 1.